The topological polar surface area (TPSA) is 64.1 Å². The van der Waals surface area contributed by atoms with Gasteiger partial charge in [-0.1, -0.05) is 0 Å². The van der Waals surface area contributed by atoms with Crippen molar-refractivity contribution in [3.63, 3.8) is 0 Å². The molecule has 6 nitrogen and oxygen atoms in total. The molecule has 1 N–H and O–H groups in total. The lowest BCUT2D eigenvalue weighted by atomic mass is 10.0. The molecule has 0 aliphatic carbocycles. The number of aliphatic carboxylic acids is 1. The number of rotatable bonds is 3. The molecule has 6 heteroatoms. The van der Waals surface area contributed by atoms with Crippen LogP contribution in [0.25, 0.3) is 0 Å². The zero-order valence-electron chi connectivity index (χ0n) is 11.0. The van der Waals surface area contributed by atoms with E-state index in [-0.39, 0.29) is 18.0 Å². The zero-order chi connectivity index (χ0) is 13.3. The summed E-state index contributed by atoms with van der Waals surface area (Å²) in [4.78, 5) is 28.6. The number of likely N-dealkylation sites (N-methyl/N-ethyl adjacent to an activating group) is 1. The lowest BCUT2D eigenvalue weighted by molar-refractivity contribution is -0.146. The Bertz CT molecular complexity index is 339. The van der Waals surface area contributed by atoms with Crippen LogP contribution in [0.3, 0.4) is 0 Å². The number of likely N-dealkylation sites (tertiary alicyclic amines) is 2. The van der Waals surface area contributed by atoms with Gasteiger partial charge in [0.2, 0.25) is 0 Å². The maximum Gasteiger partial charge on any atom is 0.320 e. The van der Waals surface area contributed by atoms with Crippen molar-refractivity contribution in [3.8, 4) is 0 Å². The van der Waals surface area contributed by atoms with Gasteiger partial charge in [-0.15, -0.1) is 0 Å². The summed E-state index contributed by atoms with van der Waals surface area (Å²) in [6.45, 7) is 2.40. The van der Waals surface area contributed by atoms with Crippen LogP contribution in [0.4, 0.5) is 4.79 Å². The van der Waals surface area contributed by atoms with E-state index in [2.05, 4.69) is 4.90 Å². The van der Waals surface area contributed by atoms with Crippen molar-refractivity contribution in [2.45, 2.75) is 18.9 Å². The molecule has 2 rings (SSSR count). The minimum Gasteiger partial charge on any atom is -0.481 e. The van der Waals surface area contributed by atoms with Crippen molar-refractivity contribution in [1.29, 1.82) is 0 Å². The second kappa shape index (κ2) is 5.14. The van der Waals surface area contributed by atoms with Crippen molar-refractivity contribution < 1.29 is 14.7 Å². The third-order valence-corrected chi connectivity index (χ3v) is 3.70. The average molecular weight is 255 g/mol. The van der Waals surface area contributed by atoms with Gasteiger partial charge in [-0.05, 0) is 26.9 Å². The molecule has 1 unspecified atom stereocenters. The molecule has 2 saturated heterocycles. The fraction of sp³-hybridized carbons (Fsp3) is 0.833. The number of hydrogen-bond donors (Lipinski definition) is 1. The first-order chi connectivity index (χ1) is 8.49. The molecule has 1 atom stereocenters. The summed E-state index contributed by atoms with van der Waals surface area (Å²) >= 11 is 0. The molecule has 0 aromatic carbocycles. The molecule has 102 valence electrons. The van der Waals surface area contributed by atoms with E-state index in [1.165, 1.54) is 0 Å². The van der Waals surface area contributed by atoms with Gasteiger partial charge >= 0.3 is 12.0 Å². The van der Waals surface area contributed by atoms with E-state index in [1.807, 2.05) is 19.0 Å². The smallest absolute Gasteiger partial charge is 0.320 e. The number of carbonyl (C=O) groups is 2. The third kappa shape index (κ3) is 2.58. The number of carbonyl (C=O) groups excluding carboxylic acids is 1. The van der Waals surface area contributed by atoms with Crippen molar-refractivity contribution in [1.82, 2.24) is 14.7 Å². The summed E-state index contributed by atoms with van der Waals surface area (Å²) < 4.78 is 0. The number of urea groups is 1. The number of nitrogens with zero attached hydrogens (tertiary/aromatic N) is 3. The SMILES string of the molecule is CN(C)CC1CCCN1C(=O)N1CC(C(=O)O)C1. The molecule has 0 saturated carbocycles. The van der Waals surface area contributed by atoms with Gasteiger partial charge in [0.25, 0.3) is 0 Å². The highest BCUT2D eigenvalue weighted by molar-refractivity contribution is 5.80. The predicted octanol–water partition coefficient (Wildman–Crippen LogP) is 0.149. The standard InChI is InChI=1S/C12H21N3O3/c1-13(2)8-10-4-3-5-15(10)12(18)14-6-9(7-14)11(16)17/h9-10H,3-8H2,1-2H3,(H,16,17). The Hall–Kier alpha value is -1.30. The summed E-state index contributed by atoms with van der Waals surface area (Å²) in [7, 11) is 4.01. The van der Waals surface area contributed by atoms with Gasteiger partial charge in [-0.2, -0.15) is 0 Å². The Morgan fingerprint density at radius 1 is 1.33 bits per heavy atom. The van der Waals surface area contributed by atoms with E-state index in [9.17, 15) is 9.59 Å². The van der Waals surface area contributed by atoms with Gasteiger partial charge in [-0.3, -0.25) is 4.79 Å². The fourth-order valence-electron chi connectivity index (χ4n) is 2.67. The Kier molecular flexibility index (Phi) is 3.75. The van der Waals surface area contributed by atoms with Crippen LogP contribution in [0.2, 0.25) is 0 Å². The summed E-state index contributed by atoms with van der Waals surface area (Å²) in [5.41, 5.74) is 0. The minimum atomic E-state index is -0.801. The van der Waals surface area contributed by atoms with Crippen LogP contribution in [-0.2, 0) is 4.79 Å². The van der Waals surface area contributed by atoms with Crippen molar-refractivity contribution in [2.75, 3.05) is 40.3 Å². The number of hydrogen-bond acceptors (Lipinski definition) is 3. The molecule has 2 aliphatic rings. The summed E-state index contributed by atoms with van der Waals surface area (Å²) in [5.74, 6) is -1.17. The molecule has 18 heavy (non-hydrogen) atoms. The molecule has 2 heterocycles. The van der Waals surface area contributed by atoms with Crippen molar-refractivity contribution >= 4 is 12.0 Å². The van der Waals surface area contributed by atoms with Gasteiger partial charge in [0, 0.05) is 32.2 Å². The van der Waals surface area contributed by atoms with Crippen LogP contribution in [0.15, 0.2) is 0 Å². The molecule has 0 spiro atoms. The third-order valence-electron chi connectivity index (χ3n) is 3.70. The Balaban J connectivity index is 1.87. The first-order valence-corrected chi connectivity index (χ1v) is 6.42. The van der Waals surface area contributed by atoms with Gasteiger partial charge in [0.1, 0.15) is 0 Å². The molecule has 2 amide bonds. The highest BCUT2D eigenvalue weighted by Gasteiger charge is 2.40. The number of carboxylic acids is 1. The van der Waals surface area contributed by atoms with E-state index >= 15 is 0 Å². The molecule has 0 aromatic heterocycles. The first-order valence-electron chi connectivity index (χ1n) is 6.42. The van der Waals surface area contributed by atoms with Crippen LogP contribution in [0, 0.1) is 5.92 Å². The fourth-order valence-corrected chi connectivity index (χ4v) is 2.67. The second-order valence-electron chi connectivity index (χ2n) is 5.47. The van der Waals surface area contributed by atoms with E-state index in [4.69, 9.17) is 5.11 Å². The summed E-state index contributed by atoms with van der Waals surface area (Å²) in [6, 6.07) is 0.285. The van der Waals surface area contributed by atoms with E-state index in [1.54, 1.807) is 4.90 Å². The van der Waals surface area contributed by atoms with Gasteiger partial charge in [0.15, 0.2) is 0 Å². The van der Waals surface area contributed by atoms with Crippen LogP contribution in [0.1, 0.15) is 12.8 Å². The normalized spacial score (nSPS) is 24.5. The molecular weight excluding hydrogens is 234 g/mol. The zero-order valence-corrected chi connectivity index (χ0v) is 11.0. The summed E-state index contributed by atoms with van der Waals surface area (Å²) in [6.07, 6.45) is 2.08. The van der Waals surface area contributed by atoms with E-state index < -0.39 is 5.97 Å². The van der Waals surface area contributed by atoms with E-state index in [0.717, 1.165) is 25.9 Å². The molecule has 0 radical (unpaired) electrons. The quantitative estimate of drug-likeness (QED) is 0.779. The predicted molar refractivity (Wildman–Crippen MR) is 66.4 cm³/mol. The maximum absolute atomic E-state index is 12.2. The molecule has 2 fully saturated rings. The monoisotopic (exact) mass is 255 g/mol. The van der Waals surface area contributed by atoms with Gasteiger partial charge in [-0.25, -0.2) is 4.79 Å². The molecule has 0 bridgehead atoms. The lowest BCUT2D eigenvalue weighted by Crippen LogP contribution is -2.58. The minimum absolute atomic E-state index is 0.0110. The van der Waals surface area contributed by atoms with E-state index in [0.29, 0.717) is 13.1 Å². The highest BCUT2D eigenvalue weighted by Crippen LogP contribution is 2.24. The highest BCUT2D eigenvalue weighted by atomic mass is 16.4. The second-order valence-corrected chi connectivity index (χ2v) is 5.47. The first kappa shape index (κ1) is 13.1. The van der Waals surface area contributed by atoms with Crippen molar-refractivity contribution in [2.24, 2.45) is 5.92 Å². The van der Waals surface area contributed by atoms with Crippen LogP contribution in [0.5, 0.6) is 0 Å². The number of amides is 2. The van der Waals surface area contributed by atoms with Crippen LogP contribution >= 0.6 is 0 Å². The van der Waals surface area contributed by atoms with Crippen LogP contribution in [-0.4, -0.2) is 78.1 Å². The Morgan fingerprint density at radius 2 is 2.00 bits per heavy atom. The molecule has 2 aliphatic heterocycles. The summed E-state index contributed by atoms with van der Waals surface area (Å²) in [5, 5.41) is 8.81. The lowest BCUT2D eigenvalue weighted by Gasteiger charge is -2.40. The largest absolute Gasteiger partial charge is 0.481 e. The maximum atomic E-state index is 12.2. The van der Waals surface area contributed by atoms with Gasteiger partial charge in [0.05, 0.1) is 5.92 Å². The average Bonchev–Trinajstić information content (AvgIpc) is 2.61. The number of carboxylic acid groups (broad SMARTS) is 1. The molecule has 0 aromatic rings. The molecular formula is C12H21N3O3. The van der Waals surface area contributed by atoms with Gasteiger partial charge < -0.3 is 19.8 Å². The van der Waals surface area contributed by atoms with Crippen LogP contribution < -0.4 is 0 Å². The van der Waals surface area contributed by atoms with Crippen molar-refractivity contribution in [3.05, 3.63) is 0 Å². The Labute approximate surface area is 107 Å². The Morgan fingerprint density at radius 3 is 2.56 bits per heavy atom.